The van der Waals surface area contributed by atoms with Gasteiger partial charge in [0.1, 0.15) is 5.00 Å². The first kappa shape index (κ1) is 25.4. The van der Waals surface area contributed by atoms with Crippen LogP contribution in [0.2, 0.25) is 0 Å². The number of esters is 1. The van der Waals surface area contributed by atoms with E-state index in [0.29, 0.717) is 28.6 Å². The van der Waals surface area contributed by atoms with Gasteiger partial charge in [-0.05, 0) is 54.7 Å². The molecule has 0 saturated carbocycles. The van der Waals surface area contributed by atoms with Crippen molar-refractivity contribution in [3.63, 3.8) is 0 Å². The molecule has 0 radical (unpaired) electrons. The summed E-state index contributed by atoms with van der Waals surface area (Å²) < 4.78 is 4.81. The standard InChI is InChI=1S/C25H30N2O6S/c1-25(2,3)14-9-10-16-18(13-14)34-23(27-19(28)11-12-20(29)30)21(16)22(31)26-17-8-6-5-7-15(17)24(32)33-4/h5-8,14H,9-13H2,1-4H3,(H,26,31)(H,27,28)(H,29,30)/p-1/t14-/m0/s1. The average molecular weight is 486 g/mol. The van der Waals surface area contributed by atoms with E-state index in [2.05, 4.69) is 31.4 Å². The van der Waals surface area contributed by atoms with Crippen LogP contribution in [-0.4, -0.2) is 30.9 Å². The summed E-state index contributed by atoms with van der Waals surface area (Å²) in [5.74, 6) is -2.41. The number of thiophene rings is 1. The third-order valence-electron chi connectivity index (χ3n) is 6.11. The van der Waals surface area contributed by atoms with E-state index in [4.69, 9.17) is 4.74 Å². The Labute approximate surface area is 202 Å². The maximum absolute atomic E-state index is 13.4. The number of methoxy groups -OCH3 is 1. The number of fused-ring (bicyclic) bond motifs is 1. The van der Waals surface area contributed by atoms with Gasteiger partial charge in [0.05, 0.1) is 23.9 Å². The number of hydrogen-bond acceptors (Lipinski definition) is 7. The summed E-state index contributed by atoms with van der Waals surface area (Å²) in [5, 5.41) is 16.7. The van der Waals surface area contributed by atoms with Crippen LogP contribution in [0.15, 0.2) is 24.3 Å². The lowest BCUT2D eigenvalue weighted by molar-refractivity contribution is -0.305. The monoisotopic (exact) mass is 485 g/mol. The van der Waals surface area contributed by atoms with E-state index < -0.39 is 30.2 Å². The van der Waals surface area contributed by atoms with Gasteiger partial charge >= 0.3 is 5.97 Å². The molecule has 0 fully saturated rings. The van der Waals surface area contributed by atoms with Crippen molar-refractivity contribution in [1.29, 1.82) is 0 Å². The molecule has 1 aliphatic carbocycles. The lowest BCUT2D eigenvalue weighted by atomic mass is 9.72. The van der Waals surface area contributed by atoms with Gasteiger partial charge in [-0.25, -0.2) is 4.79 Å². The number of carboxylic acids is 1. The fourth-order valence-corrected chi connectivity index (χ4v) is 5.46. The average Bonchev–Trinajstić information content (AvgIpc) is 3.14. The molecular formula is C25H29N2O6S-. The molecule has 0 bridgehead atoms. The molecule has 1 aliphatic rings. The second kappa shape index (κ2) is 10.4. The van der Waals surface area contributed by atoms with Crippen LogP contribution < -0.4 is 15.7 Å². The first-order valence-electron chi connectivity index (χ1n) is 11.1. The quantitative estimate of drug-likeness (QED) is 0.579. The van der Waals surface area contributed by atoms with E-state index >= 15 is 0 Å². The van der Waals surface area contributed by atoms with Gasteiger partial charge in [0.15, 0.2) is 0 Å². The van der Waals surface area contributed by atoms with Crippen LogP contribution in [0.5, 0.6) is 0 Å². The lowest BCUT2D eigenvalue weighted by Gasteiger charge is -2.33. The van der Waals surface area contributed by atoms with Crippen molar-refractivity contribution < 1.29 is 29.0 Å². The molecule has 182 valence electrons. The zero-order chi connectivity index (χ0) is 25.0. The summed E-state index contributed by atoms with van der Waals surface area (Å²) in [5.41, 5.74) is 1.86. The maximum Gasteiger partial charge on any atom is 0.339 e. The van der Waals surface area contributed by atoms with Crippen molar-refractivity contribution in [3.05, 3.63) is 45.8 Å². The smallest absolute Gasteiger partial charge is 0.339 e. The van der Waals surface area contributed by atoms with E-state index in [0.717, 1.165) is 23.3 Å². The molecule has 34 heavy (non-hydrogen) atoms. The first-order valence-corrected chi connectivity index (χ1v) is 12.0. The topological polar surface area (TPSA) is 125 Å². The molecule has 0 spiro atoms. The molecule has 1 aromatic carbocycles. The molecule has 8 nitrogen and oxygen atoms in total. The minimum atomic E-state index is -1.31. The summed E-state index contributed by atoms with van der Waals surface area (Å²) in [7, 11) is 1.27. The number of hydrogen-bond donors (Lipinski definition) is 2. The lowest BCUT2D eigenvalue weighted by Crippen LogP contribution is -2.27. The number of carboxylic acid groups (broad SMARTS) is 1. The number of aliphatic carboxylic acids is 1. The molecule has 0 unspecified atom stereocenters. The van der Waals surface area contributed by atoms with Crippen molar-refractivity contribution >= 4 is 45.8 Å². The normalized spacial score (nSPS) is 15.2. The van der Waals surface area contributed by atoms with E-state index in [1.165, 1.54) is 18.4 Å². The van der Waals surface area contributed by atoms with Crippen molar-refractivity contribution in [2.75, 3.05) is 17.7 Å². The van der Waals surface area contributed by atoms with Crippen LogP contribution in [0, 0.1) is 11.3 Å². The van der Waals surface area contributed by atoms with Crippen molar-refractivity contribution in [3.8, 4) is 0 Å². The van der Waals surface area contributed by atoms with E-state index in [1.54, 1.807) is 24.3 Å². The molecule has 1 heterocycles. The summed E-state index contributed by atoms with van der Waals surface area (Å²) in [6.45, 7) is 6.57. The number of anilines is 2. The molecule has 2 aromatic rings. The van der Waals surface area contributed by atoms with Crippen LogP contribution in [-0.2, 0) is 27.2 Å². The van der Waals surface area contributed by atoms with Crippen molar-refractivity contribution in [2.24, 2.45) is 11.3 Å². The predicted molar refractivity (Wildman–Crippen MR) is 128 cm³/mol. The SMILES string of the molecule is COC(=O)c1ccccc1NC(=O)c1c(NC(=O)CCC(=O)[O-])sc2c1CC[C@H](C(C)(C)C)C2. The van der Waals surface area contributed by atoms with Gasteiger partial charge in [-0.2, -0.15) is 0 Å². The second-order valence-electron chi connectivity index (χ2n) is 9.43. The van der Waals surface area contributed by atoms with Crippen LogP contribution in [0.3, 0.4) is 0 Å². The Hall–Kier alpha value is -3.20. The summed E-state index contributed by atoms with van der Waals surface area (Å²) >= 11 is 1.35. The molecule has 0 saturated heterocycles. The van der Waals surface area contributed by atoms with Gasteiger partial charge in [-0.15, -0.1) is 11.3 Å². The number of amides is 2. The number of carbonyl (C=O) groups excluding carboxylic acids is 4. The number of rotatable bonds is 7. The van der Waals surface area contributed by atoms with Crippen molar-refractivity contribution in [2.45, 2.75) is 52.9 Å². The minimum absolute atomic E-state index is 0.0987. The van der Waals surface area contributed by atoms with E-state index in [1.807, 2.05) is 0 Å². The molecule has 1 aromatic heterocycles. The third-order valence-corrected chi connectivity index (χ3v) is 7.28. The highest BCUT2D eigenvalue weighted by molar-refractivity contribution is 7.17. The Morgan fingerprint density at radius 3 is 2.47 bits per heavy atom. The highest BCUT2D eigenvalue weighted by Crippen LogP contribution is 2.44. The maximum atomic E-state index is 13.4. The first-order chi connectivity index (χ1) is 16.0. The van der Waals surface area contributed by atoms with Gasteiger partial charge in [0.2, 0.25) is 5.91 Å². The largest absolute Gasteiger partial charge is 0.550 e. The highest BCUT2D eigenvalue weighted by atomic mass is 32.1. The number of carbonyl (C=O) groups is 4. The minimum Gasteiger partial charge on any atom is -0.550 e. The van der Waals surface area contributed by atoms with Crippen LogP contribution in [0.4, 0.5) is 10.7 Å². The van der Waals surface area contributed by atoms with Crippen molar-refractivity contribution in [1.82, 2.24) is 0 Å². The molecule has 3 rings (SSSR count). The van der Waals surface area contributed by atoms with E-state index in [-0.39, 0.29) is 17.4 Å². The van der Waals surface area contributed by atoms with Gasteiger partial charge in [-0.1, -0.05) is 32.9 Å². The summed E-state index contributed by atoms with van der Waals surface area (Å²) in [4.78, 5) is 49.7. The zero-order valence-electron chi connectivity index (χ0n) is 19.8. The Balaban J connectivity index is 1.96. The fourth-order valence-electron chi connectivity index (χ4n) is 4.12. The van der Waals surface area contributed by atoms with Crippen LogP contribution in [0.1, 0.15) is 71.2 Å². The zero-order valence-corrected chi connectivity index (χ0v) is 20.6. The Kier molecular flexibility index (Phi) is 7.76. The Morgan fingerprint density at radius 1 is 1.12 bits per heavy atom. The molecular weight excluding hydrogens is 456 g/mol. The van der Waals surface area contributed by atoms with Gasteiger partial charge in [-0.3, -0.25) is 9.59 Å². The number of nitrogens with one attached hydrogen (secondary N) is 2. The molecule has 1 atom stereocenters. The Bertz CT molecular complexity index is 1120. The van der Waals surface area contributed by atoms with Gasteiger partial charge in [0.25, 0.3) is 5.91 Å². The Morgan fingerprint density at radius 2 is 1.82 bits per heavy atom. The third kappa shape index (κ3) is 5.83. The van der Waals surface area contributed by atoms with Gasteiger partial charge in [0, 0.05) is 17.3 Å². The molecule has 9 heteroatoms. The number of benzene rings is 1. The molecule has 2 N–H and O–H groups in total. The molecule has 0 aliphatic heterocycles. The number of ether oxygens (including phenoxy) is 1. The van der Waals surface area contributed by atoms with Crippen LogP contribution >= 0.6 is 11.3 Å². The fraction of sp³-hybridized carbons (Fsp3) is 0.440. The second-order valence-corrected chi connectivity index (χ2v) is 10.5. The highest BCUT2D eigenvalue weighted by Gasteiger charge is 2.34. The summed E-state index contributed by atoms with van der Waals surface area (Å²) in [6, 6.07) is 6.53. The summed E-state index contributed by atoms with van der Waals surface area (Å²) in [6.07, 6.45) is 1.73. The predicted octanol–water partition coefficient (Wildman–Crippen LogP) is 3.41. The van der Waals surface area contributed by atoms with E-state index in [9.17, 15) is 24.3 Å². The number of para-hydroxylation sites is 1. The van der Waals surface area contributed by atoms with Gasteiger partial charge < -0.3 is 25.3 Å². The molecule has 2 amide bonds. The van der Waals surface area contributed by atoms with Crippen LogP contribution in [0.25, 0.3) is 0 Å².